The molecule has 5 nitrogen and oxygen atoms in total. The second-order valence-corrected chi connectivity index (χ2v) is 4.61. The molecular weight excluding hydrogens is 202 g/mol. The van der Waals surface area contributed by atoms with Gasteiger partial charge >= 0.3 is 0 Å². The second-order valence-electron chi connectivity index (χ2n) is 4.61. The molecule has 0 saturated carbocycles. The zero-order chi connectivity index (χ0) is 12.2. The van der Waals surface area contributed by atoms with Gasteiger partial charge in [-0.25, -0.2) is 10.8 Å². The first-order chi connectivity index (χ1) is 7.45. The van der Waals surface area contributed by atoms with Gasteiger partial charge in [-0.2, -0.15) is 0 Å². The molecule has 0 aliphatic rings. The quantitative estimate of drug-likeness (QED) is 0.515. The van der Waals surface area contributed by atoms with Gasteiger partial charge in [0.1, 0.15) is 11.6 Å². The van der Waals surface area contributed by atoms with Crippen LogP contribution in [0.15, 0.2) is 18.2 Å². The molecular formula is C11H21N5. The third-order valence-electron chi connectivity index (χ3n) is 2.81. The Kier molecular flexibility index (Phi) is 4.09. The maximum atomic E-state index is 5.30. The molecule has 0 atom stereocenters. The van der Waals surface area contributed by atoms with Crippen molar-refractivity contribution < 1.29 is 0 Å². The van der Waals surface area contributed by atoms with E-state index in [1.165, 1.54) is 0 Å². The van der Waals surface area contributed by atoms with Crippen LogP contribution < -0.4 is 16.6 Å². The lowest BCUT2D eigenvalue weighted by Crippen LogP contribution is -2.44. The molecule has 0 aliphatic carbocycles. The number of nitrogens with two attached hydrogens (primary N) is 1. The standard InChI is InChI=1S/C11H21N5/c1-11(2,16(3)4)8-13-9-6-5-7-10(14-9)15-12/h5-7H,8,12H2,1-4H3,(H2,13,14,15). The van der Waals surface area contributed by atoms with Crippen LogP contribution in [0.1, 0.15) is 13.8 Å². The zero-order valence-electron chi connectivity index (χ0n) is 10.4. The first-order valence-electron chi connectivity index (χ1n) is 5.31. The molecule has 1 rings (SSSR count). The number of pyridine rings is 1. The fourth-order valence-corrected chi connectivity index (χ4v) is 1.08. The highest BCUT2D eigenvalue weighted by Crippen LogP contribution is 2.13. The summed E-state index contributed by atoms with van der Waals surface area (Å²) in [6.07, 6.45) is 0. The number of nitrogens with one attached hydrogen (secondary N) is 2. The van der Waals surface area contributed by atoms with Gasteiger partial charge in [0, 0.05) is 12.1 Å². The Morgan fingerprint density at radius 2 is 1.94 bits per heavy atom. The van der Waals surface area contributed by atoms with Crippen molar-refractivity contribution in [2.75, 3.05) is 31.4 Å². The van der Waals surface area contributed by atoms with Crippen LogP contribution >= 0.6 is 0 Å². The normalized spacial score (nSPS) is 11.6. The van der Waals surface area contributed by atoms with E-state index >= 15 is 0 Å². The van der Waals surface area contributed by atoms with Gasteiger partial charge in [-0.3, -0.25) is 0 Å². The Balaban J connectivity index is 2.60. The Labute approximate surface area is 97.0 Å². The molecule has 0 unspecified atom stereocenters. The largest absolute Gasteiger partial charge is 0.368 e. The summed E-state index contributed by atoms with van der Waals surface area (Å²) in [7, 11) is 4.12. The molecule has 0 aromatic carbocycles. The number of hydrazine groups is 1. The van der Waals surface area contributed by atoms with Crippen LogP contribution in [0.3, 0.4) is 0 Å². The first kappa shape index (κ1) is 12.7. The Bertz CT molecular complexity index is 335. The lowest BCUT2D eigenvalue weighted by Gasteiger charge is -2.32. The summed E-state index contributed by atoms with van der Waals surface area (Å²) in [6, 6.07) is 5.65. The van der Waals surface area contributed by atoms with E-state index in [2.05, 4.69) is 48.6 Å². The third-order valence-corrected chi connectivity index (χ3v) is 2.81. The molecule has 16 heavy (non-hydrogen) atoms. The van der Waals surface area contributed by atoms with Crippen LogP contribution in [-0.2, 0) is 0 Å². The Morgan fingerprint density at radius 3 is 2.50 bits per heavy atom. The van der Waals surface area contributed by atoms with Crippen molar-refractivity contribution in [2.24, 2.45) is 5.84 Å². The minimum absolute atomic E-state index is 0.0772. The van der Waals surface area contributed by atoms with Crippen molar-refractivity contribution in [3.63, 3.8) is 0 Å². The van der Waals surface area contributed by atoms with E-state index < -0.39 is 0 Å². The first-order valence-corrected chi connectivity index (χ1v) is 5.31. The van der Waals surface area contributed by atoms with Crippen LogP contribution in [0, 0.1) is 0 Å². The molecule has 0 radical (unpaired) electrons. The smallest absolute Gasteiger partial charge is 0.142 e. The molecule has 0 saturated heterocycles. The number of hydrogen-bond donors (Lipinski definition) is 3. The number of rotatable bonds is 5. The van der Waals surface area contributed by atoms with E-state index in [-0.39, 0.29) is 5.54 Å². The summed E-state index contributed by atoms with van der Waals surface area (Å²) >= 11 is 0. The molecule has 4 N–H and O–H groups in total. The predicted molar refractivity (Wildman–Crippen MR) is 68.3 cm³/mol. The van der Waals surface area contributed by atoms with E-state index in [1.807, 2.05) is 18.2 Å². The van der Waals surface area contributed by atoms with E-state index in [0.717, 1.165) is 12.4 Å². The van der Waals surface area contributed by atoms with Crippen LogP contribution in [-0.4, -0.2) is 36.1 Å². The number of nitrogens with zero attached hydrogens (tertiary/aromatic N) is 2. The molecule has 0 aliphatic heterocycles. The van der Waals surface area contributed by atoms with Gasteiger partial charge in [0.05, 0.1) is 0 Å². The fourth-order valence-electron chi connectivity index (χ4n) is 1.08. The molecule has 0 fully saturated rings. The zero-order valence-corrected chi connectivity index (χ0v) is 10.4. The Morgan fingerprint density at radius 1 is 1.31 bits per heavy atom. The van der Waals surface area contributed by atoms with Gasteiger partial charge in [0.2, 0.25) is 0 Å². The van der Waals surface area contributed by atoms with Gasteiger partial charge in [-0.05, 0) is 40.1 Å². The molecule has 5 heteroatoms. The molecule has 0 amide bonds. The van der Waals surface area contributed by atoms with Gasteiger partial charge in [-0.1, -0.05) is 6.07 Å². The summed E-state index contributed by atoms with van der Waals surface area (Å²) in [6.45, 7) is 5.16. The highest BCUT2D eigenvalue weighted by Gasteiger charge is 2.19. The van der Waals surface area contributed by atoms with Crippen molar-refractivity contribution in [1.82, 2.24) is 9.88 Å². The van der Waals surface area contributed by atoms with E-state index in [1.54, 1.807) is 0 Å². The minimum Gasteiger partial charge on any atom is -0.368 e. The molecule has 0 bridgehead atoms. The third kappa shape index (κ3) is 3.36. The van der Waals surface area contributed by atoms with E-state index in [4.69, 9.17) is 5.84 Å². The summed E-state index contributed by atoms with van der Waals surface area (Å²) in [5.41, 5.74) is 2.60. The summed E-state index contributed by atoms with van der Waals surface area (Å²) in [5, 5.41) is 3.29. The molecule has 1 aromatic heterocycles. The summed E-state index contributed by atoms with van der Waals surface area (Å²) in [5.74, 6) is 6.78. The average molecular weight is 223 g/mol. The predicted octanol–water partition coefficient (Wildman–Crippen LogP) is 1.12. The minimum atomic E-state index is 0.0772. The van der Waals surface area contributed by atoms with E-state index in [9.17, 15) is 0 Å². The average Bonchev–Trinajstić information content (AvgIpc) is 2.26. The topological polar surface area (TPSA) is 66.2 Å². The number of anilines is 2. The fraction of sp³-hybridized carbons (Fsp3) is 0.545. The molecule has 0 spiro atoms. The summed E-state index contributed by atoms with van der Waals surface area (Å²) in [4.78, 5) is 6.46. The lowest BCUT2D eigenvalue weighted by molar-refractivity contribution is 0.210. The van der Waals surface area contributed by atoms with Gasteiger partial charge in [-0.15, -0.1) is 0 Å². The van der Waals surface area contributed by atoms with Crippen LogP contribution in [0.4, 0.5) is 11.6 Å². The number of aromatic nitrogens is 1. The highest BCUT2D eigenvalue weighted by molar-refractivity contribution is 5.44. The van der Waals surface area contributed by atoms with Gasteiger partial charge < -0.3 is 15.6 Å². The van der Waals surface area contributed by atoms with Gasteiger partial charge in [0.15, 0.2) is 0 Å². The SMILES string of the molecule is CN(C)C(C)(C)CNc1cccc(NN)n1. The van der Waals surface area contributed by atoms with Crippen molar-refractivity contribution in [1.29, 1.82) is 0 Å². The van der Waals surface area contributed by atoms with Gasteiger partial charge in [0.25, 0.3) is 0 Å². The number of nitrogen functional groups attached to an aromatic ring is 1. The number of likely N-dealkylation sites (N-methyl/N-ethyl adjacent to an activating group) is 1. The molecule has 1 heterocycles. The van der Waals surface area contributed by atoms with Crippen molar-refractivity contribution in [3.8, 4) is 0 Å². The highest BCUT2D eigenvalue weighted by atomic mass is 15.3. The van der Waals surface area contributed by atoms with Crippen LogP contribution in [0.25, 0.3) is 0 Å². The van der Waals surface area contributed by atoms with Crippen molar-refractivity contribution >= 4 is 11.6 Å². The van der Waals surface area contributed by atoms with Crippen LogP contribution in [0.2, 0.25) is 0 Å². The monoisotopic (exact) mass is 223 g/mol. The maximum Gasteiger partial charge on any atom is 0.142 e. The molecule has 90 valence electrons. The molecule has 1 aromatic rings. The summed E-state index contributed by atoms with van der Waals surface area (Å²) < 4.78 is 0. The van der Waals surface area contributed by atoms with Crippen LogP contribution in [0.5, 0.6) is 0 Å². The second kappa shape index (κ2) is 5.14. The number of hydrogen-bond acceptors (Lipinski definition) is 5. The van der Waals surface area contributed by atoms with Crippen molar-refractivity contribution in [2.45, 2.75) is 19.4 Å². The van der Waals surface area contributed by atoms with Crippen molar-refractivity contribution in [3.05, 3.63) is 18.2 Å². The maximum absolute atomic E-state index is 5.30. The lowest BCUT2D eigenvalue weighted by atomic mass is 10.0. The Hall–Kier alpha value is -1.33. The van der Waals surface area contributed by atoms with E-state index in [0.29, 0.717) is 5.82 Å².